The van der Waals surface area contributed by atoms with Gasteiger partial charge < -0.3 is 9.64 Å². The molecule has 0 amide bonds. The van der Waals surface area contributed by atoms with Gasteiger partial charge >= 0.3 is 0 Å². The minimum absolute atomic E-state index is 0.146. The summed E-state index contributed by atoms with van der Waals surface area (Å²) in [4.78, 5) is 24.1. The van der Waals surface area contributed by atoms with Crippen molar-refractivity contribution in [2.24, 2.45) is 0 Å². The van der Waals surface area contributed by atoms with Crippen LogP contribution in [0, 0.1) is 17.5 Å². The minimum atomic E-state index is -1.46. The molecule has 1 N–H and O–H groups in total. The molecule has 0 spiro atoms. The van der Waals surface area contributed by atoms with Crippen LogP contribution >= 0.6 is 0 Å². The number of hydrogen-bond donors (Lipinski definition) is 1. The molecule has 0 saturated carbocycles. The van der Waals surface area contributed by atoms with Crippen LogP contribution in [0.4, 0.5) is 19.1 Å². The van der Waals surface area contributed by atoms with Gasteiger partial charge in [0, 0.05) is 44.7 Å². The van der Waals surface area contributed by atoms with Gasteiger partial charge in [-0.1, -0.05) is 0 Å². The Hall–Kier alpha value is -2.39. The standard InChI is InChI=1S/C19H21F3N4O2/c20-14-9-12(10-15(21)17(14)22)11-25-3-1-13-16(2-4-25)23-19(24-18(13)27)26-5-7-28-8-6-26/h9-10H,1-8,11H2,(H,23,24,27). The number of aromatic amines is 1. The molecule has 0 atom stereocenters. The lowest BCUT2D eigenvalue weighted by Crippen LogP contribution is -2.38. The van der Waals surface area contributed by atoms with Gasteiger partial charge in [0.05, 0.1) is 18.9 Å². The van der Waals surface area contributed by atoms with Gasteiger partial charge in [-0.2, -0.15) is 0 Å². The first-order chi connectivity index (χ1) is 13.5. The first-order valence-electron chi connectivity index (χ1n) is 9.32. The van der Waals surface area contributed by atoms with Crippen molar-refractivity contribution >= 4 is 5.95 Å². The summed E-state index contributed by atoms with van der Waals surface area (Å²) in [5, 5.41) is 0. The molecule has 28 heavy (non-hydrogen) atoms. The number of anilines is 1. The molecule has 150 valence electrons. The van der Waals surface area contributed by atoms with Crippen molar-refractivity contribution in [1.29, 1.82) is 0 Å². The molecule has 2 aromatic rings. The van der Waals surface area contributed by atoms with Crippen LogP contribution in [0.25, 0.3) is 0 Å². The predicted octanol–water partition coefficient (Wildman–Crippen LogP) is 1.62. The second kappa shape index (κ2) is 7.92. The Labute approximate surface area is 159 Å². The average molecular weight is 394 g/mol. The smallest absolute Gasteiger partial charge is 0.255 e. The zero-order valence-electron chi connectivity index (χ0n) is 15.3. The van der Waals surface area contributed by atoms with Crippen LogP contribution in [-0.2, 0) is 24.1 Å². The van der Waals surface area contributed by atoms with Crippen LogP contribution in [0.3, 0.4) is 0 Å². The summed E-state index contributed by atoms with van der Waals surface area (Å²) in [6, 6.07) is 2.02. The zero-order chi connectivity index (χ0) is 19.7. The van der Waals surface area contributed by atoms with Gasteiger partial charge in [0.25, 0.3) is 5.56 Å². The first kappa shape index (κ1) is 18.9. The second-order valence-electron chi connectivity index (χ2n) is 7.06. The molecule has 0 aliphatic carbocycles. The van der Waals surface area contributed by atoms with E-state index in [1.54, 1.807) is 0 Å². The number of halogens is 3. The molecule has 4 rings (SSSR count). The molecule has 0 bridgehead atoms. The normalized spacial score (nSPS) is 18.0. The number of nitrogens with one attached hydrogen (secondary N) is 1. The molecule has 2 aliphatic rings. The van der Waals surface area contributed by atoms with Crippen molar-refractivity contribution in [1.82, 2.24) is 14.9 Å². The van der Waals surface area contributed by atoms with Crippen LogP contribution in [0.5, 0.6) is 0 Å². The highest BCUT2D eigenvalue weighted by Crippen LogP contribution is 2.19. The lowest BCUT2D eigenvalue weighted by atomic mass is 10.1. The molecule has 6 nitrogen and oxygen atoms in total. The van der Waals surface area contributed by atoms with Crippen LogP contribution in [0.1, 0.15) is 16.8 Å². The molecule has 3 heterocycles. The van der Waals surface area contributed by atoms with Crippen molar-refractivity contribution in [3.8, 4) is 0 Å². The number of hydrogen-bond acceptors (Lipinski definition) is 5. The summed E-state index contributed by atoms with van der Waals surface area (Å²) in [6.07, 6.45) is 1.05. The van der Waals surface area contributed by atoms with E-state index >= 15 is 0 Å². The quantitative estimate of drug-likeness (QED) is 0.802. The minimum Gasteiger partial charge on any atom is -0.378 e. The van der Waals surface area contributed by atoms with Gasteiger partial charge in [-0.15, -0.1) is 0 Å². The molecule has 0 unspecified atom stereocenters. The van der Waals surface area contributed by atoms with Gasteiger partial charge in [0.15, 0.2) is 17.5 Å². The summed E-state index contributed by atoms with van der Waals surface area (Å²) in [5.41, 5.74) is 1.62. The number of fused-ring (bicyclic) bond motifs is 1. The molecular formula is C19H21F3N4O2. The van der Waals surface area contributed by atoms with Crippen LogP contribution in [0.2, 0.25) is 0 Å². The van der Waals surface area contributed by atoms with Crippen LogP contribution in [-0.4, -0.2) is 54.3 Å². The Kier molecular flexibility index (Phi) is 5.36. The summed E-state index contributed by atoms with van der Waals surface area (Å²) in [6.45, 7) is 3.96. The van der Waals surface area contributed by atoms with Gasteiger partial charge in [0.2, 0.25) is 5.95 Å². The Bertz CT molecular complexity index is 905. The lowest BCUT2D eigenvalue weighted by Gasteiger charge is -2.27. The fourth-order valence-electron chi connectivity index (χ4n) is 3.68. The molecule has 1 aromatic heterocycles. The second-order valence-corrected chi connectivity index (χ2v) is 7.06. The topological polar surface area (TPSA) is 61.5 Å². The van der Waals surface area contributed by atoms with E-state index in [1.807, 2.05) is 9.80 Å². The third-order valence-electron chi connectivity index (χ3n) is 5.19. The third-order valence-corrected chi connectivity index (χ3v) is 5.19. The van der Waals surface area contributed by atoms with Gasteiger partial charge in [0.1, 0.15) is 0 Å². The summed E-state index contributed by atoms with van der Waals surface area (Å²) >= 11 is 0. The Morgan fingerprint density at radius 3 is 2.43 bits per heavy atom. The van der Waals surface area contributed by atoms with E-state index in [0.29, 0.717) is 69.3 Å². The highest BCUT2D eigenvalue weighted by molar-refractivity contribution is 5.34. The number of morpholine rings is 1. The molecule has 9 heteroatoms. The predicted molar refractivity (Wildman–Crippen MR) is 96.9 cm³/mol. The Morgan fingerprint density at radius 1 is 1.04 bits per heavy atom. The van der Waals surface area contributed by atoms with E-state index in [1.165, 1.54) is 0 Å². The van der Waals surface area contributed by atoms with E-state index in [9.17, 15) is 18.0 Å². The average Bonchev–Trinajstić information content (AvgIpc) is 2.89. The Morgan fingerprint density at radius 2 is 1.71 bits per heavy atom. The van der Waals surface area contributed by atoms with Crippen molar-refractivity contribution in [2.75, 3.05) is 44.3 Å². The van der Waals surface area contributed by atoms with E-state index in [2.05, 4.69) is 9.97 Å². The van der Waals surface area contributed by atoms with Crippen molar-refractivity contribution < 1.29 is 17.9 Å². The SMILES string of the molecule is O=c1[nH]c(N2CCOCC2)nc2c1CCN(Cc1cc(F)c(F)c(F)c1)CC2. The number of nitrogens with zero attached hydrogens (tertiary/aromatic N) is 3. The van der Waals surface area contributed by atoms with Crippen molar-refractivity contribution in [3.05, 3.63) is 56.8 Å². The largest absolute Gasteiger partial charge is 0.378 e. The fraction of sp³-hybridized carbons (Fsp3) is 0.474. The number of rotatable bonds is 3. The lowest BCUT2D eigenvalue weighted by molar-refractivity contribution is 0.122. The molecule has 0 radical (unpaired) electrons. The molecule has 2 aliphatic heterocycles. The van der Waals surface area contributed by atoms with Gasteiger partial charge in [-0.05, 0) is 24.1 Å². The van der Waals surface area contributed by atoms with E-state index in [4.69, 9.17) is 4.74 Å². The van der Waals surface area contributed by atoms with Crippen molar-refractivity contribution in [2.45, 2.75) is 19.4 Å². The number of benzene rings is 1. The molecule has 1 saturated heterocycles. The number of H-pyrrole nitrogens is 1. The third kappa shape index (κ3) is 3.90. The zero-order valence-corrected chi connectivity index (χ0v) is 15.3. The summed E-state index contributed by atoms with van der Waals surface area (Å²) in [5.74, 6) is -3.29. The van der Waals surface area contributed by atoms with Crippen LogP contribution < -0.4 is 10.5 Å². The monoisotopic (exact) mass is 394 g/mol. The molecule has 1 fully saturated rings. The highest BCUT2D eigenvalue weighted by Gasteiger charge is 2.22. The van der Waals surface area contributed by atoms with Gasteiger partial charge in [-0.25, -0.2) is 18.2 Å². The number of ether oxygens (including phenoxy) is 1. The summed E-state index contributed by atoms with van der Waals surface area (Å²) in [7, 11) is 0. The van der Waals surface area contributed by atoms with E-state index in [0.717, 1.165) is 17.8 Å². The van der Waals surface area contributed by atoms with Gasteiger partial charge in [-0.3, -0.25) is 14.7 Å². The number of aromatic nitrogens is 2. The first-order valence-corrected chi connectivity index (χ1v) is 9.32. The van der Waals surface area contributed by atoms with Crippen molar-refractivity contribution in [3.63, 3.8) is 0 Å². The maximum Gasteiger partial charge on any atom is 0.255 e. The maximum absolute atomic E-state index is 13.5. The summed E-state index contributed by atoms with van der Waals surface area (Å²) < 4.78 is 45.4. The van der Waals surface area contributed by atoms with E-state index < -0.39 is 17.5 Å². The van der Waals surface area contributed by atoms with E-state index in [-0.39, 0.29) is 12.1 Å². The fourth-order valence-corrected chi connectivity index (χ4v) is 3.68. The molecule has 1 aromatic carbocycles. The Balaban J connectivity index is 1.50. The van der Waals surface area contributed by atoms with Crippen LogP contribution in [0.15, 0.2) is 16.9 Å². The maximum atomic E-state index is 13.5. The molecular weight excluding hydrogens is 373 g/mol. The highest BCUT2D eigenvalue weighted by atomic mass is 19.2.